The van der Waals surface area contributed by atoms with Crippen molar-refractivity contribution in [2.45, 2.75) is 25.9 Å². The van der Waals surface area contributed by atoms with E-state index in [1.807, 2.05) is 13.0 Å². The van der Waals surface area contributed by atoms with Gasteiger partial charge < -0.3 is 14.8 Å². The van der Waals surface area contributed by atoms with Crippen LogP contribution in [0.25, 0.3) is 0 Å². The maximum absolute atomic E-state index is 11.8. The van der Waals surface area contributed by atoms with Crippen LogP contribution in [0.4, 0.5) is 0 Å². The van der Waals surface area contributed by atoms with Crippen LogP contribution in [-0.2, 0) is 4.79 Å². The van der Waals surface area contributed by atoms with Gasteiger partial charge in [-0.2, -0.15) is 5.26 Å². The number of ether oxygens (including phenoxy) is 2. The van der Waals surface area contributed by atoms with Gasteiger partial charge in [-0.3, -0.25) is 9.79 Å². The van der Waals surface area contributed by atoms with Crippen LogP contribution >= 0.6 is 0 Å². The van der Waals surface area contributed by atoms with Crippen molar-refractivity contribution in [2.75, 3.05) is 13.2 Å². The fourth-order valence-corrected chi connectivity index (χ4v) is 2.73. The molecule has 0 radical (unpaired) electrons. The molecular weight excluding hydrogens is 330 g/mol. The number of carbonyl (C=O) groups is 1. The van der Waals surface area contributed by atoms with E-state index < -0.39 is 0 Å². The average molecular weight is 351 g/mol. The zero-order chi connectivity index (χ0) is 18.5. The van der Waals surface area contributed by atoms with Gasteiger partial charge in [-0.05, 0) is 38.6 Å². The number of nitrogens with zero attached hydrogens (tertiary/aromatic N) is 2. The van der Waals surface area contributed by atoms with Gasteiger partial charge in [0.1, 0.15) is 12.7 Å². The number of nitriles is 1. The van der Waals surface area contributed by atoms with Crippen LogP contribution < -0.4 is 14.8 Å². The highest BCUT2D eigenvalue weighted by Gasteiger charge is 2.29. The summed E-state index contributed by atoms with van der Waals surface area (Å²) in [4.78, 5) is 15.6. The van der Waals surface area contributed by atoms with E-state index in [4.69, 9.17) is 14.7 Å². The second-order valence-corrected chi connectivity index (χ2v) is 6.46. The molecule has 1 amide bonds. The number of hydrogen-bond donors (Lipinski definition) is 1. The number of aliphatic imine (C=N–C) groups is 1. The number of para-hydroxylation sites is 1. The molecule has 0 bridgehead atoms. The number of hydrogen-bond acceptors (Lipinski definition) is 5. The van der Waals surface area contributed by atoms with E-state index >= 15 is 0 Å². The topological polar surface area (TPSA) is 83.7 Å². The number of fused-ring (bicyclic) bond motifs is 1. The van der Waals surface area contributed by atoms with E-state index in [1.54, 1.807) is 24.4 Å². The van der Waals surface area contributed by atoms with E-state index in [9.17, 15) is 4.79 Å². The lowest BCUT2D eigenvalue weighted by atomic mass is 10.1. The van der Waals surface area contributed by atoms with Gasteiger partial charge in [-0.15, -0.1) is 0 Å². The molecule has 1 heterocycles. The molecule has 2 aliphatic rings. The first-order valence-corrected chi connectivity index (χ1v) is 8.55. The van der Waals surface area contributed by atoms with Crippen molar-refractivity contribution < 1.29 is 14.3 Å². The molecule has 1 aromatic rings. The number of carbonyl (C=O) groups excluding carboxylic acids is 1. The van der Waals surface area contributed by atoms with E-state index in [2.05, 4.69) is 23.1 Å². The van der Waals surface area contributed by atoms with Gasteiger partial charge in [-0.1, -0.05) is 17.7 Å². The highest BCUT2D eigenvalue weighted by Crippen LogP contribution is 2.36. The molecule has 6 heteroatoms. The van der Waals surface area contributed by atoms with Gasteiger partial charge in [0.2, 0.25) is 5.91 Å². The van der Waals surface area contributed by atoms with Crippen LogP contribution in [0, 0.1) is 17.2 Å². The molecule has 1 atom stereocenters. The molecular formula is C20H21N3O3. The quantitative estimate of drug-likeness (QED) is 0.631. The molecule has 1 fully saturated rings. The number of rotatable bonds is 6. The van der Waals surface area contributed by atoms with Gasteiger partial charge in [0, 0.05) is 24.2 Å². The second kappa shape index (κ2) is 7.87. The largest absolute Gasteiger partial charge is 0.484 e. The van der Waals surface area contributed by atoms with Crippen LogP contribution in [0.15, 0.2) is 46.6 Å². The van der Waals surface area contributed by atoms with Crippen molar-refractivity contribution in [3.05, 3.63) is 47.2 Å². The zero-order valence-electron chi connectivity index (χ0n) is 14.7. The molecule has 1 saturated carbocycles. The van der Waals surface area contributed by atoms with Gasteiger partial charge >= 0.3 is 0 Å². The maximum atomic E-state index is 11.8. The Labute approximate surface area is 152 Å². The lowest BCUT2D eigenvalue weighted by Crippen LogP contribution is -2.31. The third-order valence-electron chi connectivity index (χ3n) is 4.26. The van der Waals surface area contributed by atoms with Crippen LogP contribution in [0.1, 0.15) is 25.3 Å². The molecule has 3 rings (SSSR count). The summed E-state index contributed by atoms with van der Waals surface area (Å²) in [6.45, 7) is 6.20. The van der Waals surface area contributed by atoms with Crippen LogP contribution in [0.3, 0.4) is 0 Å². The lowest BCUT2D eigenvalue weighted by Gasteiger charge is -2.27. The molecule has 0 saturated heterocycles. The standard InChI is InChI=1S/C20H21N3O3/c1-13(10-23-20(24)14-6-7-14)8-16(11-22-2)18-12-25-19-15(9-21)4-3-5-17(19)26-18/h3-5,8,11,14,18H,2,6-7,10,12H2,1H3,(H,23,24)/b13-8+,16-11+. The van der Waals surface area contributed by atoms with E-state index in [0.717, 1.165) is 24.0 Å². The van der Waals surface area contributed by atoms with Crippen molar-refractivity contribution >= 4 is 12.6 Å². The third kappa shape index (κ3) is 4.12. The van der Waals surface area contributed by atoms with Gasteiger partial charge in [-0.25, -0.2) is 0 Å². The van der Waals surface area contributed by atoms with Crippen molar-refractivity contribution in [1.29, 1.82) is 5.26 Å². The summed E-state index contributed by atoms with van der Waals surface area (Å²) in [5.74, 6) is 1.30. The second-order valence-electron chi connectivity index (χ2n) is 6.46. The summed E-state index contributed by atoms with van der Waals surface area (Å²) < 4.78 is 11.8. The summed E-state index contributed by atoms with van der Waals surface area (Å²) in [6, 6.07) is 7.32. The normalized spacial score (nSPS) is 19.5. The van der Waals surface area contributed by atoms with Crippen molar-refractivity contribution in [3.8, 4) is 17.6 Å². The molecule has 1 aliphatic carbocycles. The first kappa shape index (κ1) is 17.7. The maximum Gasteiger partial charge on any atom is 0.223 e. The Morgan fingerprint density at radius 2 is 2.31 bits per heavy atom. The Hall–Kier alpha value is -3.07. The Kier molecular flexibility index (Phi) is 5.37. The highest BCUT2D eigenvalue weighted by molar-refractivity contribution is 5.81. The van der Waals surface area contributed by atoms with Gasteiger partial charge in [0.25, 0.3) is 0 Å². The van der Waals surface area contributed by atoms with Crippen LogP contribution in [0.2, 0.25) is 0 Å². The molecule has 1 aromatic carbocycles. The Morgan fingerprint density at radius 3 is 3.00 bits per heavy atom. The summed E-state index contributed by atoms with van der Waals surface area (Å²) in [6.07, 6.45) is 5.15. The van der Waals surface area contributed by atoms with E-state index in [-0.39, 0.29) is 24.5 Å². The van der Waals surface area contributed by atoms with E-state index in [1.165, 1.54) is 0 Å². The fourth-order valence-electron chi connectivity index (χ4n) is 2.73. The van der Waals surface area contributed by atoms with Gasteiger partial charge in [0.05, 0.1) is 5.56 Å². The Morgan fingerprint density at radius 1 is 1.50 bits per heavy atom. The summed E-state index contributed by atoms with van der Waals surface area (Å²) >= 11 is 0. The van der Waals surface area contributed by atoms with E-state index in [0.29, 0.717) is 23.6 Å². The minimum absolute atomic E-state index is 0.111. The van der Waals surface area contributed by atoms with Crippen LogP contribution in [0.5, 0.6) is 11.5 Å². The van der Waals surface area contributed by atoms with Gasteiger partial charge in [0.15, 0.2) is 17.6 Å². The first-order valence-electron chi connectivity index (χ1n) is 8.55. The summed E-state index contributed by atoms with van der Waals surface area (Å²) in [5.41, 5.74) is 2.23. The predicted molar refractivity (Wildman–Crippen MR) is 98.2 cm³/mol. The first-order chi connectivity index (χ1) is 12.6. The molecule has 134 valence electrons. The molecule has 1 N–H and O–H groups in total. The minimum atomic E-state index is -0.365. The molecule has 1 unspecified atom stereocenters. The van der Waals surface area contributed by atoms with Crippen molar-refractivity contribution in [1.82, 2.24) is 5.32 Å². The molecule has 0 spiro atoms. The highest BCUT2D eigenvalue weighted by atomic mass is 16.6. The molecule has 26 heavy (non-hydrogen) atoms. The third-order valence-corrected chi connectivity index (χ3v) is 4.26. The zero-order valence-corrected chi connectivity index (χ0v) is 14.7. The summed E-state index contributed by atoms with van der Waals surface area (Å²) in [5, 5.41) is 12.1. The predicted octanol–water partition coefficient (Wildman–Crippen LogP) is 2.76. The smallest absolute Gasteiger partial charge is 0.223 e. The summed E-state index contributed by atoms with van der Waals surface area (Å²) in [7, 11) is 0. The van der Waals surface area contributed by atoms with Crippen molar-refractivity contribution in [3.63, 3.8) is 0 Å². The van der Waals surface area contributed by atoms with Crippen molar-refractivity contribution in [2.24, 2.45) is 10.9 Å². The fraction of sp³-hybridized carbons (Fsp3) is 0.350. The molecule has 6 nitrogen and oxygen atoms in total. The number of nitrogens with one attached hydrogen (secondary N) is 1. The monoisotopic (exact) mass is 351 g/mol. The SMILES string of the molecule is C=N/C=C(\C=C(/C)CNC(=O)C1CC1)C1COc2c(C#N)cccc2O1. The molecule has 0 aromatic heterocycles. The van der Waals surface area contributed by atoms with Crippen LogP contribution in [-0.4, -0.2) is 31.9 Å². The minimum Gasteiger partial charge on any atom is -0.484 e. The number of benzene rings is 1. The Bertz CT molecular complexity index is 816. The average Bonchev–Trinajstić information content (AvgIpc) is 3.50. The molecule has 1 aliphatic heterocycles. The number of amides is 1. The lowest BCUT2D eigenvalue weighted by molar-refractivity contribution is -0.122. The Balaban J connectivity index is 1.71.